The molecule has 1 amide bonds. The highest BCUT2D eigenvalue weighted by Crippen LogP contribution is 2.28. The fourth-order valence-electron chi connectivity index (χ4n) is 2.69. The SMILES string of the molecule is C[N+](C)(C)Cc1ccn2ccnc2c1NC(=O)c1c(Cl)cccc1Cl. The standard InChI is InChI=1S/C18H18Cl2N4O/c1-24(2,3)11-12-7-9-23-10-8-21-17(23)16(12)22-18(25)15-13(19)5-4-6-14(15)20/h4-10H,11H2,1-3H3/p+1. The third-order valence-corrected chi connectivity index (χ3v) is 4.35. The minimum atomic E-state index is -0.352. The summed E-state index contributed by atoms with van der Waals surface area (Å²) in [5, 5.41) is 3.59. The number of halogens is 2. The van der Waals surface area contributed by atoms with E-state index in [2.05, 4.69) is 31.4 Å². The van der Waals surface area contributed by atoms with Crippen LogP contribution in [0.2, 0.25) is 10.0 Å². The van der Waals surface area contributed by atoms with E-state index in [9.17, 15) is 4.79 Å². The molecule has 1 N–H and O–H groups in total. The lowest BCUT2D eigenvalue weighted by Gasteiger charge is -2.25. The summed E-state index contributed by atoms with van der Waals surface area (Å²) in [7, 11) is 6.27. The quantitative estimate of drug-likeness (QED) is 0.695. The molecule has 0 saturated heterocycles. The van der Waals surface area contributed by atoms with Crippen molar-refractivity contribution in [2.45, 2.75) is 6.54 Å². The molecule has 0 bridgehead atoms. The van der Waals surface area contributed by atoms with Crippen LogP contribution < -0.4 is 5.32 Å². The molecule has 3 aromatic rings. The lowest BCUT2D eigenvalue weighted by Crippen LogP contribution is -2.34. The average molecular weight is 378 g/mol. The summed E-state index contributed by atoms with van der Waals surface area (Å²) in [6.45, 7) is 0.731. The molecule has 0 spiro atoms. The molecule has 130 valence electrons. The first-order valence-electron chi connectivity index (χ1n) is 7.76. The van der Waals surface area contributed by atoms with Crippen LogP contribution in [-0.4, -0.2) is 40.9 Å². The van der Waals surface area contributed by atoms with Gasteiger partial charge in [0.15, 0.2) is 5.65 Å². The molecular weight excluding hydrogens is 359 g/mol. The Kier molecular flexibility index (Phi) is 4.73. The number of aromatic nitrogens is 2. The number of quaternary nitrogens is 1. The van der Waals surface area contributed by atoms with Crippen molar-refractivity contribution in [3.63, 3.8) is 0 Å². The van der Waals surface area contributed by atoms with Gasteiger partial charge < -0.3 is 14.2 Å². The second-order valence-electron chi connectivity index (χ2n) is 6.87. The molecule has 0 aliphatic rings. The van der Waals surface area contributed by atoms with Crippen molar-refractivity contribution in [3.8, 4) is 0 Å². The maximum atomic E-state index is 12.8. The maximum absolute atomic E-state index is 12.8. The first-order chi connectivity index (χ1) is 11.8. The maximum Gasteiger partial charge on any atom is 0.258 e. The number of carbonyl (C=O) groups excluding carboxylic acids is 1. The number of anilines is 1. The summed E-state index contributed by atoms with van der Waals surface area (Å²) in [5.74, 6) is -0.352. The molecule has 2 heterocycles. The highest BCUT2D eigenvalue weighted by Gasteiger charge is 2.21. The van der Waals surface area contributed by atoms with Crippen molar-refractivity contribution in [2.75, 3.05) is 26.5 Å². The van der Waals surface area contributed by atoms with E-state index < -0.39 is 0 Å². The second kappa shape index (κ2) is 6.67. The van der Waals surface area contributed by atoms with E-state index in [1.54, 1.807) is 24.4 Å². The lowest BCUT2D eigenvalue weighted by atomic mass is 10.1. The third-order valence-electron chi connectivity index (χ3n) is 3.72. The van der Waals surface area contributed by atoms with Gasteiger partial charge in [-0.15, -0.1) is 0 Å². The Morgan fingerprint density at radius 3 is 2.48 bits per heavy atom. The van der Waals surface area contributed by atoms with Gasteiger partial charge in [0.05, 0.1) is 42.4 Å². The largest absolute Gasteiger partial charge is 0.327 e. The van der Waals surface area contributed by atoms with Gasteiger partial charge in [0.25, 0.3) is 5.91 Å². The van der Waals surface area contributed by atoms with Crippen LogP contribution in [0.15, 0.2) is 42.9 Å². The van der Waals surface area contributed by atoms with Crippen LogP contribution in [0, 0.1) is 0 Å². The second-order valence-corrected chi connectivity index (χ2v) is 7.69. The van der Waals surface area contributed by atoms with E-state index in [1.807, 2.05) is 22.9 Å². The van der Waals surface area contributed by atoms with Crippen molar-refractivity contribution in [1.29, 1.82) is 0 Å². The summed E-state index contributed by atoms with van der Waals surface area (Å²) in [6, 6.07) is 6.98. The van der Waals surface area contributed by atoms with Crippen molar-refractivity contribution in [1.82, 2.24) is 9.38 Å². The van der Waals surface area contributed by atoms with Gasteiger partial charge in [0, 0.05) is 24.2 Å². The molecule has 7 heteroatoms. The van der Waals surface area contributed by atoms with Crippen molar-refractivity contribution >= 4 is 40.4 Å². The van der Waals surface area contributed by atoms with Crippen LogP contribution in [0.5, 0.6) is 0 Å². The summed E-state index contributed by atoms with van der Waals surface area (Å²) in [6.07, 6.45) is 5.47. The average Bonchev–Trinajstić information content (AvgIpc) is 2.97. The topological polar surface area (TPSA) is 46.4 Å². The molecule has 0 unspecified atom stereocenters. The Hall–Kier alpha value is -2.08. The first-order valence-corrected chi connectivity index (χ1v) is 8.52. The normalized spacial score (nSPS) is 11.7. The Labute approximate surface area is 156 Å². The predicted octanol–water partition coefficient (Wildman–Crippen LogP) is 4.10. The van der Waals surface area contributed by atoms with Crippen LogP contribution in [0.25, 0.3) is 5.65 Å². The number of benzene rings is 1. The van der Waals surface area contributed by atoms with Gasteiger partial charge in [-0.2, -0.15) is 0 Å². The summed E-state index contributed by atoms with van der Waals surface area (Å²) in [5.41, 5.74) is 2.60. The number of hydrogen-bond acceptors (Lipinski definition) is 2. The first kappa shape index (κ1) is 17.7. The fraction of sp³-hybridized carbons (Fsp3) is 0.222. The van der Waals surface area contributed by atoms with Gasteiger partial charge in [0.1, 0.15) is 6.54 Å². The highest BCUT2D eigenvalue weighted by atomic mass is 35.5. The van der Waals surface area contributed by atoms with E-state index in [0.29, 0.717) is 25.9 Å². The number of imidazole rings is 1. The van der Waals surface area contributed by atoms with Crippen LogP contribution in [0.1, 0.15) is 15.9 Å². The predicted molar refractivity (Wildman–Crippen MR) is 101 cm³/mol. The van der Waals surface area contributed by atoms with E-state index in [1.165, 1.54) is 0 Å². The number of hydrogen-bond donors (Lipinski definition) is 1. The smallest absolute Gasteiger partial charge is 0.258 e. The minimum Gasteiger partial charge on any atom is -0.327 e. The van der Waals surface area contributed by atoms with E-state index in [4.69, 9.17) is 23.2 Å². The zero-order valence-electron chi connectivity index (χ0n) is 14.3. The Balaban J connectivity index is 2.06. The van der Waals surface area contributed by atoms with Crippen LogP contribution in [-0.2, 0) is 6.54 Å². The molecule has 0 saturated carbocycles. The van der Waals surface area contributed by atoms with Crippen LogP contribution in [0.4, 0.5) is 5.69 Å². The van der Waals surface area contributed by atoms with Crippen LogP contribution >= 0.6 is 23.2 Å². The van der Waals surface area contributed by atoms with Crippen molar-refractivity contribution < 1.29 is 9.28 Å². The Bertz CT molecular complexity index is 924. The molecule has 25 heavy (non-hydrogen) atoms. The van der Waals surface area contributed by atoms with Crippen molar-refractivity contribution in [3.05, 3.63) is 64.0 Å². The zero-order valence-corrected chi connectivity index (χ0v) is 15.8. The molecule has 0 radical (unpaired) electrons. The molecule has 2 aromatic heterocycles. The number of nitrogens with zero attached hydrogens (tertiary/aromatic N) is 3. The Morgan fingerprint density at radius 1 is 1.16 bits per heavy atom. The van der Waals surface area contributed by atoms with Gasteiger partial charge >= 0.3 is 0 Å². The fourth-order valence-corrected chi connectivity index (χ4v) is 3.26. The summed E-state index contributed by atoms with van der Waals surface area (Å²) in [4.78, 5) is 17.2. The minimum absolute atomic E-state index is 0.260. The number of carbonyl (C=O) groups is 1. The van der Waals surface area contributed by atoms with E-state index >= 15 is 0 Å². The van der Waals surface area contributed by atoms with E-state index in [0.717, 1.165) is 12.1 Å². The van der Waals surface area contributed by atoms with E-state index in [-0.39, 0.29) is 11.5 Å². The van der Waals surface area contributed by atoms with Crippen molar-refractivity contribution in [2.24, 2.45) is 0 Å². The summed E-state index contributed by atoms with van der Waals surface area (Å²) < 4.78 is 2.58. The lowest BCUT2D eigenvalue weighted by molar-refractivity contribution is -0.883. The third kappa shape index (κ3) is 3.79. The summed E-state index contributed by atoms with van der Waals surface area (Å²) >= 11 is 12.3. The Morgan fingerprint density at radius 2 is 1.84 bits per heavy atom. The number of rotatable bonds is 4. The highest BCUT2D eigenvalue weighted by molar-refractivity contribution is 6.40. The van der Waals surface area contributed by atoms with Gasteiger partial charge in [-0.05, 0) is 18.2 Å². The monoisotopic (exact) mass is 377 g/mol. The van der Waals surface area contributed by atoms with Gasteiger partial charge in [0.2, 0.25) is 0 Å². The molecular formula is C18H19Cl2N4O+. The number of fused-ring (bicyclic) bond motifs is 1. The number of nitrogens with one attached hydrogen (secondary N) is 1. The zero-order chi connectivity index (χ0) is 18.2. The molecule has 0 aliphatic heterocycles. The molecule has 5 nitrogen and oxygen atoms in total. The molecule has 1 aromatic carbocycles. The van der Waals surface area contributed by atoms with Gasteiger partial charge in [-0.1, -0.05) is 29.3 Å². The number of pyridine rings is 1. The molecule has 3 rings (SSSR count). The number of amides is 1. The molecule has 0 fully saturated rings. The van der Waals surface area contributed by atoms with Gasteiger partial charge in [-0.3, -0.25) is 4.79 Å². The molecule has 0 atom stereocenters. The van der Waals surface area contributed by atoms with Crippen LogP contribution in [0.3, 0.4) is 0 Å². The van der Waals surface area contributed by atoms with Gasteiger partial charge in [-0.25, -0.2) is 4.98 Å². The molecule has 0 aliphatic carbocycles.